The summed E-state index contributed by atoms with van der Waals surface area (Å²) in [7, 11) is 3.25. The SMILES string of the molecule is COc1ccc(C2(CNC(=O)COc3ccccc3OC)CCCC2)cc1. The number of carbonyl (C=O) groups is 1. The van der Waals surface area contributed by atoms with Gasteiger partial charge in [0.05, 0.1) is 14.2 Å². The summed E-state index contributed by atoms with van der Waals surface area (Å²) in [4.78, 5) is 12.3. The van der Waals surface area contributed by atoms with Gasteiger partial charge in [-0.25, -0.2) is 0 Å². The van der Waals surface area contributed by atoms with Crippen LogP contribution >= 0.6 is 0 Å². The second-order valence-corrected chi connectivity index (χ2v) is 6.93. The highest BCUT2D eigenvalue weighted by molar-refractivity contribution is 5.77. The van der Waals surface area contributed by atoms with E-state index in [1.807, 2.05) is 30.3 Å². The first-order chi connectivity index (χ1) is 13.2. The van der Waals surface area contributed by atoms with Crippen LogP contribution in [0, 0.1) is 0 Å². The van der Waals surface area contributed by atoms with Gasteiger partial charge >= 0.3 is 0 Å². The predicted octanol–water partition coefficient (Wildman–Crippen LogP) is 3.71. The fourth-order valence-electron chi connectivity index (χ4n) is 3.76. The standard InChI is InChI=1S/C22H27NO4/c1-25-18-11-9-17(10-12-18)22(13-5-6-14-22)16-23-21(24)15-27-20-8-4-3-7-19(20)26-2/h3-4,7-12H,5-6,13-16H2,1-2H3,(H,23,24). The van der Waals surface area contributed by atoms with Crippen LogP contribution in [0.25, 0.3) is 0 Å². The molecule has 0 atom stereocenters. The van der Waals surface area contributed by atoms with E-state index >= 15 is 0 Å². The van der Waals surface area contributed by atoms with Crippen LogP contribution in [0.1, 0.15) is 31.2 Å². The van der Waals surface area contributed by atoms with Crippen molar-refractivity contribution < 1.29 is 19.0 Å². The van der Waals surface area contributed by atoms with Crippen LogP contribution in [0.15, 0.2) is 48.5 Å². The average Bonchev–Trinajstić information content (AvgIpc) is 3.21. The van der Waals surface area contributed by atoms with Crippen LogP contribution < -0.4 is 19.5 Å². The van der Waals surface area contributed by atoms with Crippen molar-refractivity contribution in [1.29, 1.82) is 0 Å². The van der Waals surface area contributed by atoms with Gasteiger partial charge in [0.15, 0.2) is 18.1 Å². The zero-order valence-electron chi connectivity index (χ0n) is 16.0. The lowest BCUT2D eigenvalue weighted by molar-refractivity contribution is -0.123. The number of carbonyl (C=O) groups excluding carboxylic acids is 1. The van der Waals surface area contributed by atoms with E-state index in [1.165, 1.54) is 18.4 Å². The predicted molar refractivity (Wildman–Crippen MR) is 105 cm³/mol. The van der Waals surface area contributed by atoms with Crippen molar-refractivity contribution in [2.45, 2.75) is 31.1 Å². The van der Waals surface area contributed by atoms with Gasteiger partial charge in [-0.15, -0.1) is 0 Å². The van der Waals surface area contributed by atoms with E-state index in [-0.39, 0.29) is 17.9 Å². The monoisotopic (exact) mass is 369 g/mol. The zero-order valence-corrected chi connectivity index (χ0v) is 16.0. The van der Waals surface area contributed by atoms with Crippen LogP contribution in [-0.4, -0.2) is 33.3 Å². The summed E-state index contributed by atoms with van der Waals surface area (Å²) in [5.41, 5.74) is 1.25. The highest BCUT2D eigenvalue weighted by Gasteiger charge is 2.35. The van der Waals surface area contributed by atoms with E-state index in [4.69, 9.17) is 14.2 Å². The molecule has 0 aromatic heterocycles. The molecule has 5 heteroatoms. The Morgan fingerprint density at radius 1 is 0.963 bits per heavy atom. The number of hydrogen-bond donors (Lipinski definition) is 1. The van der Waals surface area contributed by atoms with Crippen LogP contribution in [0.2, 0.25) is 0 Å². The maximum Gasteiger partial charge on any atom is 0.257 e. The van der Waals surface area contributed by atoms with Gasteiger partial charge in [0.25, 0.3) is 5.91 Å². The molecule has 0 spiro atoms. The first-order valence-electron chi connectivity index (χ1n) is 9.34. The third kappa shape index (κ3) is 4.54. The number of ether oxygens (including phenoxy) is 3. The molecule has 0 aliphatic heterocycles. The molecule has 3 rings (SSSR count). The Balaban J connectivity index is 1.59. The first kappa shape index (κ1) is 19.1. The van der Waals surface area contributed by atoms with Gasteiger partial charge in [0, 0.05) is 12.0 Å². The Bertz CT molecular complexity index is 751. The zero-order chi connectivity index (χ0) is 19.1. The second-order valence-electron chi connectivity index (χ2n) is 6.93. The van der Waals surface area contributed by atoms with Gasteiger partial charge in [0.1, 0.15) is 5.75 Å². The van der Waals surface area contributed by atoms with Crippen molar-refractivity contribution in [3.8, 4) is 17.2 Å². The molecule has 2 aromatic carbocycles. The number of nitrogens with one attached hydrogen (secondary N) is 1. The van der Waals surface area contributed by atoms with Crippen molar-refractivity contribution in [3.63, 3.8) is 0 Å². The first-order valence-corrected chi connectivity index (χ1v) is 9.34. The number of amides is 1. The fourth-order valence-corrected chi connectivity index (χ4v) is 3.76. The fraction of sp³-hybridized carbons (Fsp3) is 0.409. The van der Waals surface area contributed by atoms with Gasteiger partial charge < -0.3 is 19.5 Å². The minimum atomic E-state index is -0.124. The molecule has 1 aliphatic rings. The van der Waals surface area contributed by atoms with Crippen LogP contribution in [-0.2, 0) is 10.2 Å². The topological polar surface area (TPSA) is 56.8 Å². The van der Waals surface area contributed by atoms with Gasteiger partial charge in [-0.3, -0.25) is 4.79 Å². The van der Waals surface area contributed by atoms with Gasteiger partial charge in [0.2, 0.25) is 0 Å². The number of benzene rings is 2. The third-order valence-electron chi connectivity index (χ3n) is 5.31. The van der Waals surface area contributed by atoms with Crippen molar-refractivity contribution >= 4 is 5.91 Å². The molecule has 1 aliphatic carbocycles. The highest BCUT2D eigenvalue weighted by atomic mass is 16.5. The summed E-state index contributed by atoms with van der Waals surface area (Å²) in [5.74, 6) is 1.92. The number of hydrogen-bond acceptors (Lipinski definition) is 4. The molecular weight excluding hydrogens is 342 g/mol. The van der Waals surface area contributed by atoms with E-state index in [0.29, 0.717) is 18.0 Å². The normalized spacial score (nSPS) is 15.2. The summed E-state index contributed by atoms with van der Waals surface area (Å²) in [5, 5.41) is 3.06. The number of rotatable bonds is 8. The Morgan fingerprint density at radius 3 is 2.26 bits per heavy atom. The van der Waals surface area contributed by atoms with Gasteiger partial charge in [-0.2, -0.15) is 0 Å². The molecule has 1 N–H and O–H groups in total. The van der Waals surface area contributed by atoms with Crippen molar-refractivity contribution in [1.82, 2.24) is 5.32 Å². The molecule has 1 saturated carbocycles. The summed E-state index contributed by atoms with van der Waals surface area (Å²) in [6.07, 6.45) is 4.51. The lowest BCUT2D eigenvalue weighted by atomic mass is 9.79. The van der Waals surface area contributed by atoms with E-state index in [2.05, 4.69) is 17.4 Å². The van der Waals surface area contributed by atoms with E-state index in [1.54, 1.807) is 20.3 Å². The summed E-state index contributed by atoms with van der Waals surface area (Å²) in [6, 6.07) is 15.5. The quantitative estimate of drug-likeness (QED) is 0.771. The summed E-state index contributed by atoms with van der Waals surface area (Å²) >= 11 is 0. The second kappa shape index (κ2) is 8.80. The molecule has 1 amide bonds. The molecule has 1 fully saturated rings. The summed E-state index contributed by atoms with van der Waals surface area (Å²) < 4.78 is 16.1. The minimum Gasteiger partial charge on any atom is -0.497 e. The number of methoxy groups -OCH3 is 2. The van der Waals surface area contributed by atoms with Gasteiger partial charge in [-0.05, 0) is 42.7 Å². The maximum atomic E-state index is 12.3. The Morgan fingerprint density at radius 2 is 1.63 bits per heavy atom. The van der Waals surface area contributed by atoms with E-state index < -0.39 is 0 Å². The lowest BCUT2D eigenvalue weighted by Gasteiger charge is -2.30. The molecule has 0 unspecified atom stereocenters. The number of para-hydroxylation sites is 2. The van der Waals surface area contributed by atoms with Crippen LogP contribution in [0.4, 0.5) is 0 Å². The molecule has 27 heavy (non-hydrogen) atoms. The van der Waals surface area contributed by atoms with Crippen molar-refractivity contribution in [3.05, 3.63) is 54.1 Å². The Labute approximate surface area is 160 Å². The van der Waals surface area contributed by atoms with E-state index in [9.17, 15) is 4.79 Å². The molecule has 0 radical (unpaired) electrons. The van der Waals surface area contributed by atoms with Crippen molar-refractivity contribution in [2.75, 3.05) is 27.4 Å². The molecule has 0 heterocycles. The Hall–Kier alpha value is -2.69. The van der Waals surface area contributed by atoms with E-state index in [0.717, 1.165) is 18.6 Å². The highest BCUT2D eigenvalue weighted by Crippen LogP contribution is 2.41. The lowest BCUT2D eigenvalue weighted by Crippen LogP contribution is -2.40. The Kier molecular flexibility index (Phi) is 6.22. The van der Waals surface area contributed by atoms with Crippen LogP contribution in [0.3, 0.4) is 0 Å². The third-order valence-corrected chi connectivity index (χ3v) is 5.31. The summed E-state index contributed by atoms with van der Waals surface area (Å²) in [6.45, 7) is 0.590. The molecule has 144 valence electrons. The average molecular weight is 369 g/mol. The van der Waals surface area contributed by atoms with Gasteiger partial charge in [-0.1, -0.05) is 37.1 Å². The molecule has 2 aromatic rings. The molecule has 0 bridgehead atoms. The minimum absolute atomic E-state index is 0.00757. The maximum absolute atomic E-state index is 12.3. The van der Waals surface area contributed by atoms with Crippen LogP contribution in [0.5, 0.6) is 17.2 Å². The largest absolute Gasteiger partial charge is 0.497 e. The smallest absolute Gasteiger partial charge is 0.257 e. The van der Waals surface area contributed by atoms with Crippen molar-refractivity contribution in [2.24, 2.45) is 0 Å². The molecule has 0 saturated heterocycles. The molecule has 5 nitrogen and oxygen atoms in total. The molecular formula is C22H27NO4.